The summed E-state index contributed by atoms with van der Waals surface area (Å²) in [6, 6.07) is 7.98. The number of amides is 1. The van der Waals surface area contributed by atoms with Crippen LogP contribution in [-0.4, -0.2) is 61.3 Å². The molecule has 1 fully saturated rings. The molecule has 0 bridgehead atoms. The van der Waals surface area contributed by atoms with Gasteiger partial charge in [-0.2, -0.15) is 13.2 Å². The zero-order valence-electron chi connectivity index (χ0n) is 13.3. The molecule has 1 atom stereocenters. The van der Waals surface area contributed by atoms with E-state index in [-0.39, 0.29) is 12.0 Å². The van der Waals surface area contributed by atoms with E-state index in [1.54, 1.807) is 7.05 Å². The van der Waals surface area contributed by atoms with Gasteiger partial charge in [-0.3, -0.25) is 4.79 Å². The standard InChI is InChI=1S/C13H17BrN2O2.C2HF3O2/c1-15-8-13(17)16-6-7-18-12(9-16)10-4-2-3-5-11(10)14;3-2(4,5)1(6)7/h2-5,12,15H,6-9H2,1H3;(H,6,7). The lowest BCUT2D eigenvalue weighted by atomic mass is 10.1. The van der Waals surface area contributed by atoms with Crippen molar-refractivity contribution in [2.24, 2.45) is 0 Å². The van der Waals surface area contributed by atoms with Crippen molar-refractivity contribution >= 4 is 27.8 Å². The molecule has 1 saturated heterocycles. The van der Waals surface area contributed by atoms with Crippen molar-refractivity contribution in [3.8, 4) is 0 Å². The van der Waals surface area contributed by atoms with Crippen molar-refractivity contribution in [1.29, 1.82) is 0 Å². The van der Waals surface area contributed by atoms with Crippen molar-refractivity contribution < 1.29 is 32.6 Å². The second-order valence-electron chi connectivity index (χ2n) is 5.05. The molecule has 1 unspecified atom stereocenters. The van der Waals surface area contributed by atoms with Crippen molar-refractivity contribution in [3.63, 3.8) is 0 Å². The minimum Gasteiger partial charge on any atom is -0.475 e. The summed E-state index contributed by atoms with van der Waals surface area (Å²) in [6.45, 7) is 2.24. The van der Waals surface area contributed by atoms with Crippen LogP contribution < -0.4 is 5.32 Å². The number of nitrogens with zero attached hydrogens (tertiary/aromatic N) is 1. The van der Waals surface area contributed by atoms with Crippen molar-refractivity contribution in [2.75, 3.05) is 33.3 Å². The number of ether oxygens (including phenoxy) is 1. The van der Waals surface area contributed by atoms with Gasteiger partial charge in [0.1, 0.15) is 6.10 Å². The Labute approximate surface area is 151 Å². The molecule has 0 radical (unpaired) electrons. The van der Waals surface area contributed by atoms with Gasteiger partial charge in [0, 0.05) is 11.0 Å². The van der Waals surface area contributed by atoms with Crippen LogP contribution in [0.15, 0.2) is 28.7 Å². The van der Waals surface area contributed by atoms with Crippen LogP contribution in [0.2, 0.25) is 0 Å². The van der Waals surface area contributed by atoms with E-state index >= 15 is 0 Å². The second-order valence-corrected chi connectivity index (χ2v) is 5.91. The minimum atomic E-state index is -5.08. The van der Waals surface area contributed by atoms with E-state index in [1.807, 2.05) is 29.2 Å². The van der Waals surface area contributed by atoms with E-state index in [0.29, 0.717) is 26.2 Å². The molecule has 1 amide bonds. The number of likely N-dealkylation sites (N-methyl/N-ethyl adjacent to an activating group) is 1. The summed E-state index contributed by atoms with van der Waals surface area (Å²) in [5.41, 5.74) is 1.10. The van der Waals surface area contributed by atoms with Crippen LogP contribution in [0.4, 0.5) is 13.2 Å². The molecule has 6 nitrogen and oxygen atoms in total. The molecule has 1 aliphatic heterocycles. The van der Waals surface area contributed by atoms with Gasteiger partial charge in [-0.05, 0) is 18.7 Å². The number of aliphatic carboxylic acids is 1. The van der Waals surface area contributed by atoms with Crippen LogP contribution in [-0.2, 0) is 14.3 Å². The van der Waals surface area contributed by atoms with Crippen LogP contribution in [0.1, 0.15) is 11.7 Å². The van der Waals surface area contributed by atoms with Gasteiger partial charge in [-0.1, -0.05) is 34.1 Å². The molecule has 2 N–H and O–H groups in total. The molecule has 1 aromatic carbocycles. The lowest BCUT2D eigenvalue weighted by Crippen LogP contribution is -2.45. The first-order chi connectivity index (χ1) is 11.7. The predicted octanol–water partition coefficient (Wildman–Crippen LogP) is 2.20. The summed E-state index contributed by atoms with van der Waals surface area (Å²) in [5, 5.41) is 10.0. The fourth-order valence-corrected chi connectivity index (χ4v) is 2.60. The Balaban J connectivity index is 0.000000381. The number of hydrogen-bond donors (Lipinski definition) is 2. The largest absolute Gasteiger partial charge is 0.490 e. The van der Waals surface area contributed by atoms with E-state index < -0.39 is 12.1 Å². The van der Waals surface area contributed by atoms with Gasteiger partial charge in [-0.25, -0.2) is 4.79 Å². The third kappa shape index (κ3) is 7.00. The van der Waals surface area contributed by atoms with Gasteiger partial charge in [-0.15, -0.1) is 0 Å². The van der Waals surface area contributed by atoms with Gasteiger partial charge in [0.15, 0.2) is 0 Å². The first-order valence-electron chi connectivity index (χ1n) is 7.25. The maximum Gasteiger partial charge on any atom is 0.490 e. The summed E-state index contributed by atoms with van der Waals surface area (Å²) < 4.78 is 38.5. The van der Waals surface area contributed by atoms with Crippen LogP contribution in [0.5, 0.6) is 0 Å². The highest BCUT2D eigenvalue weighted by Crippen LogP contribution is 2.28. The van der Waals surface area contributed by atoms with Crippen LogP contribution >= 0.6 is 15.9 Å². The number of rotatable bonds is 3. The zero-order valence-corrected chi connectivity index (χ0v) is 14.9. The average molecular weight is 427 g/mol. The second kappa shape index (κ2) is 9.73. The third-order valence-electron chi connectivity index (χ3n) is 3.24. The van der Waals surface area contributed by atoms with Crippen molar-refractivity contribution in [2.45, 2.75) is 12.3 Å². The Morgan fingerprint density at radius 2 is 2.00 bits per heavy atom. The molecule has 0 aromatic heterocycles. The predicted molar refractivity (Wildman–Crippen MR) is 87.0 cm³/mol. The molecule has 140 valence electrons. The molecule has 2 rings (SSSR count). The molecule has 1 heterocycles. The highest BCUT2D eigenvalue weighted by molar-refractivity contribution is 9.10. The summed E-state index contributed by atoms with van der Waals surface area (Å²) in [6.07, 6.45) is -5.13. The van der Waals surface area contributed by atoms with E-state index in [9.17, 15) is 18.0 Å². The molecular formula is C15H18BrF3N2O4. The van der Waals surface area contributed by atoms with Crippen LogP contribution in [0.25, 0.3) is 0 Å². The lowest BCUT2D eigenvalue weighted by Gasteiger charge is -2.33. The van der Waals surface area contributed by atoms with E-state index in [4.69, 9.17) is 14.6 Å². The lowest BCUT2D eigenvalue weighted by molar-refractivity contribution is -0.192. The number of carbonyl (C=O) groups excluding carboxylic acids is 1. The Morgan fingerprint density at radius 3 is 2.52 bits per heavy atom. The fourth-order valence-electron chi connectivity index (χ4n) is 2.06. The normalized spacial score (nSPS) is 17.5. The Hall–Kier alpha value is -1.65. The number of carboxylic acid groups (broad SMARTS) is 1. The van der Waals surface area contributed by atoms with E-state index in [1.165, 1.54) is 0 Å². The summed E-state index contributed by atoms with van der Waals surface area (Å²) in [4.78, 5) is 22.6. The average Bonchev–Trinajstić information content (AvgIpc) is 2.55. The maximum atomic E-state index is 11.9. The number of carbonyl (C=O) groups is 2. The van der Waals surface area contributed by atoms with Crippen LogP contribution in [0.3, 0.4) is 0 Å². The molecule has 1 aromatic rings. The number of alkyl halides is 3. The Morgan fingerprint density at radius 1 is 1.40 bits per heavy atom. The van der Waals surface area contributed by atoms with E-state index in [2.05, 4.69) is 21.2 Å². The molecule has 25 heavy (non-hydrogen) atoms. The molecule has 0 saturated carbocycles. The molecular weight excluding hydrogens is 409 g/mol. The quantitative estimate of drug-likeness (QED) is 0.774. The monoisotopic (exact) mass is 426 g/mol. The number of morpholine rings is 1. The summed E-state index contributed by atoms with van der Waals surface area (Å²) in [7, 11) is 1.78. The van der Waals surface area contributed by atoms with Gasteiger partial charge in [0.05, 0.1) is 19.7 Å². The highest BCUT2D eigenvalue weighted by atomic mass is 79.9. The summed E-state index contributed by atoms with van der Waals surface area (Å²) >= 11 is 3.52. The minimum absolute atomic E-state index is 0.0462. The SMILES string of the molecule is CNCC(=O)N1CCOC(c2ccccc2Br)C1.O=C(O)C(F)(F)F. The number of carboxylic acids is 1. The maximum absolute atomic E-state index is 11.9. The Bertz CT molecular complexity index is 598. The highest BCUT2D eigenvalue weighted by Gasteiger charge is 2.38. The van der Waals surface area contributed by atoms with Gasteiger partial charge >= 0.3 is 12.1 Å². The topological polar surface area (TPSA) is 78.9 Å². The molecule has 0 aliphatic carbocycles. The zero-order chi connectivity index (χ0) is 19.0. The molecule has 0 spiro atoms. The fraction of sp³-hybridized carbons (Fsp3) is 0.467. The van der Waals surface area contributed by atoms with E-state index in [0.717, 1.165) is 10.0 Å². The smallest absolute Gasteiger partial charge is 0.475 e. The first kappa shape index (κ1) is 21.4. The number of halogens is 4. The van der Waals surface area contributed by atoms with Crippen molar-refractivity contribution in [3.05, 3.63) is 34.3 Å². The number of benzene rings is 1. The first-order valence-corrected chi connectivity index (χ1v) is 8.04. The molecule has 1 aliphatic rings. The van der Waals surface area contributed by atoms with Crippen LogP contribution in [0, 0.1) is 0 Å². The van der Waals surface area contributed by atoms with Crippen molar-refractivity contribution in [1.82, 2.24) is 10.2 Å². The van der Waals surface area contributed by atoms with Gasteiger partial charge < -0.3 is 20.1 Å². The number of hydrogen-bond acceptors (Lipinski definition) is 4. The van der Waals surface area contributed by atoms with Gasteiger partial charge in [0.2, 0.25) is 5.91 Å². The Kier molecular flexibility index (Phi) is 8.33. The number of nitrogens with one attached hydrogen (secondary N) is 1. The third-order valence-corrected chi connectivity index (χ3v) is 3.96. The van der Waals surface area contributed by atoms with Gasteiger partial charge in [0.25, 0.3) is 0 Å². The summed E-state index contributed by atoms with van der Waals surface area (Å²) in [5.74, 6) is -2.63. The molecule has 10 heteroatoms.